The number of fused-ring (bicyclic) bond motifs is 10. The third kappa shape index (κ3) is 8.70. The molecule has 12 rings (SSSR count). The summed E-state index contributed by atoms with van der Waals surface area (Å²) in [5.41, 5.74) is 15.1. The number of amides is 2. The molecule has 0 spiro atoms. The minimum Gasteiger partial charge on any atom is -0.490 e. The van der Waals surface area contributed by atoms with Crippen LogP contribution in [0.4, 0.5) is 39.2 Å². The Morgan fingerprint density at radius 2 is 1.28 bits per heavy atom. The molecule has 2 fully saturated rings. The van der Waals surface area contributed by atoms with Crippen molar-refractivity contribution in [2.24, 2.45) is 0 Å². The van der Waals surface area contributed by atoms with E-state index in [0.29, 0.717) is 54.6 Å². The van der Waals surface area contributed by atoms with Crippen molar-refractivity contribution in [3.63, 3.8) is 0 Å². The van der Waals surface area contributed by atoms with Crippen LogP contribution in [0, 0.1) is 13.8 Å². The molecular formula is C49H52N10O5. The van der Waals surface area contributed by atoms with Gasteiger partial charge in [0.2, 0.25) is 0 Å². The van der Waals surface area contributed by atoms with Crippen molar-refractivity contribution in [2.75, 3.05) is 83.7 Å². The number of aryl methyl sites for hydroxylation is 2. The van der Waals surface area contributed by atoms with Gasteiger partial charge in [0.1, 0.15) is 0 Å². The third-order valence-electron chi connectivity index (χ3n) is 12.1. The van der Waals surface area contributed by atoms with Gasteiger partial charge in [0.05, 0.1) is 55.2 Å². The van der Waals surface area contributed by atoms with Gasteiger partial charge < -0.3 is 45.1 Å². The molecule has 4 bridgehead atoms. The van der Waals surface area contributed by atoms with Crippen LogP contribution in [-0.2, 0) is 0 Å². The van der Waals surface area contributed by atoms with Gasteiger partial charge in [-0.05, 0) is 99.5 Å². The first-order valence-corrected chi connectivity index (χ1v) is 22.1. The summed E-state index contributed by atoms with van der Waals surface area (Å²) in [6, 6.07) is 27.9. The van der Waals surface area contributed by atoms with Gasteiger partial charge in [-0.25, -0.2) is 14.8 Å². The summed E-state index contributed by atoms with van der Waals surface area (Å²) >= 11 is 0. The number of hydrogen-bond acceptors (Lipinski definition) is 13. The average molecular weight is 861 g/mol. The normalized spacial score (nSPS) is 18.4. The Morgan fingerprint density at radius 1 is 0.672 bits per heavy atom. The van der Waals surface area contributed by atoms with Crippen LogP contribution >= 0.6 is 0 Å². The Bertz CT molecular complexity index is 2680. The summed E-state index contributed by atoms with van der Waals surface area (Å²) < 4.78 is 22.3. The molecule has 2 atom stereocenters. The average Bonchev–Trinajstić information content (AvgIpc) is 3.71. The minimum atomic E-state index is -0.187. The Morgan fingerprint density at radius 3 is 1.98 bits per heavy atom. The molecule has 4 N–H and O–H groups in total. The zero-order valence-electron chi connectivity index (χ0n) is 36.1. The van der Waals surface area contributed by atoms with Gasteiger partial charge in [-0.3, -0.25) is 14.9 Å². The number of benzene rings is 2. The van der Waals surface area contributed by atoms with Gasteiger partial charge in [0, 0.05) is 103 Å². The number of nitrogens with one attached hydrogen (secondary N) is 2. The first-order chi connectivity index (χ1) is 31.3. The predicted molar refractivity (Wildman–Crippen MR) is 249 cm³/mol. The molecule has 6 aromatic rings. The molecule has 328 valence electrons. The lowest BCUT2D eigenvalue weighted by Crippen LogP contribution is -2.48. The van der Waals surface area contributed by atoms with Crippen LogP contribution in [0.25, 0.3) is 22.5 Å². The van der Waals surface area contributed by atoms with Crippen molar-refractivity contribution in [3.05, 3.63) is 109 Å². The molecule has 6 aliphatic heterocycles. The van der Waals surface area contributed by atoms with E-state index in [1.54, 1.807) is 12.3 Å². The zero-order valence-corrected chi connectivity index (χ0v) is 36.1. The molecule has 10 heterocycles. The maximum Gasteiger partial charge on any atom is 0.327 e. The number of urea groups is 1. The van der Waals surface area contributed by atoms with Crippen LogP contribution in [-0.4, -0.2) is 90.7 Å². The zero-order chi connectivity index (χ0) is 43.6. The largest absolute Gasteiger partial charge is 0.490 e. The molecule has 15 nitrogen and oxygen atoms in total. The Balaban J connectivity index is 0.000000130. The fourth-order valence-corrected chi connectivity index (χ4v) is 8.91. The lowest BCUT2D eigenvalue weighted by molar-refractivity contribution is 0.255. The number of ether oxygens (including phenoxy) is 4. The highest BCUT2D eigenvalue weighted by Crippen LogP contribution is 2.41. The minimum absolute atomic E-state index is 0.0832. The smallest absolute Gasteiger partial charge is 0.327 e. The fourth-order valence-electron chi connectivity index (χ4n) is 8.91. The second kappa shape index (κ2) is 17.8. The molecule has 0 unspecified atom stereocenters. The van der Waals surface area contributed by atoms with Gasteiger partial charge in [0.15, 0.2) is 34.6 Å². The van der Waals surface area contributed by atoms with Crippen molar-refractivity contribution >= 4 is 40.4 Å². The number of nitrogen functional groups attached to an aromatic ring is 1. The fraction of sp³-hybridized carbons (Fsp3) is 0.327. The predicted octanol–water partition coefficient (Wildman–Crippen LogP) is 8.13. The monoisotopic (exact) mass is 860 g/mol. The summed E-state index contributed by atoms with van der Waals surface area (Å²) in [6.07, 6.45) is 7.51. The SMILES string of the molecule is Cc1cc(-c2ccc3c(n2)N(C(=O)Nc2ccc4c(c2)OCCCO4)[C@H]2CCN3C2)ccn1.Cc1cc(-c2ccc3c(n2)N[C@H]2CCN3C2)ccn1.Nc1ccc2c(c1)OCCCO2. The lowest BCUT2D eigenvalue weighted by atomic mass is 10.1. The second-order valence-corrected chi connectivity index (χ2v) is 16.7. The van der Waals surface area contributed by atoms with E-state index in [1.165, 1.54) is 12.1 Å². The van der Waals surface area contributed by atoms with E-state index >= 15 is 0 Å². The van der Waals surface area contributed by atoms with E-state index in [4.69, 9.17) is 34.6 Å². The number of carbonyl (C=O) groups is 1. The molecule has 0 aliphatic carbocycles. The lowest BCUT2D eigenvalue weighted by Gasteiger charge is -2.36. The maximum absolute atomic E-state index is 13.5. The van der Waals surface area contributed by atoms with Gasteiger partial charge >= 0.3 is 6.03 Å². The summed E-state index contributed by atoms with van der Waals surface area (Å²) in [7, 11) is 0. The van der Waals surface area contributed by atoms with Gasteiger partial charge in [-0.2, -0.15) is 0 Å². The molecule has 2 amide bonds. The molecule has 15 heteroatoms. The van der Waals surface area contributed by atoms with Gasteiger partial charge in [-0.15, -0.1) is 0 Å². The highest BCUT2D eigenvalue weighted by molar-refractivity contribution is 6.05. The molecule has 0 radical (unpaired) electrons. The van der Waals surface area contributed by atoms with Crippen LogP contribution in [0.5, 0.6) is 23.0 Å². The van der Waals surface area contributed by atoms with E-state index in [0.717, 1.165) is 109 Å². The topological polar surface area (TPSA) is 165 Å². The first kappa shape index (κ1) is 40.8. The molecule has 0 saturated carbocycles. The summed E-state index contributed by atoms with van der Waals surface area (Å²) in [4.78, 5) is 38.3. The van der Waals surface area contributed by atoms with Crippen LogP contribution in [0.1, 0.15) is 37.1 Å². The quantitative estimate of drug-likeness (QED) is 0.146. The third-order valence-corrected chi connectivity index (χ3v) is 12.1. The number of aromatic nitrogens is 4. The number of rotatable bonds is 3. The van der Waals surface area contributed by atoms with Crippen molar-refractivity contribution in [1.29, 1.82) is 0 Å². The first-order valence-electron chi connectivity index (χ1n) is 22.1. The number of nitrogens with two attached hydrogens (primary N) is 1. The second-order valence-electron chi connectivity index (χ2n) is 16.7. The highest BCUT2D eigenvalue weighted by Gasteiger charge is 2.40. The van der Waals surface area contributed by atoms with Gasteiger partial charge in [0.25, 0.3) is 0 Å². The number of pyridine rings is 4. The van der Waals surface area contributed by atoms with Crippen molar-refractivity contribution in [1.82, 2.24) is 19.9 Å². The van der Waals surface area contributed by atoms with Crippen LogP contribution in [0.3, 0.4) is 0 Å². The molecule has 2 saturated heterocycles. The van der Waals surface area contributed by atoms with E-state index < -0.39 is 0 Å². The van der Waals surface area contributed by atoms with Crippen LogP contribution in [0.2, 0.25) is 0 Å². The molecule has 64 heavy (non-hydrogen) atoms. The summed E-state index contributed by atoms with van der Waals surface area (Å²) in [5, 5.41) is 6.60. The summed E-state index contributed by atoms with van der Waals surface area (Å²) in [6.45, 7) is 10.6. The number of nitrogens with zero attached hydrogens (tertiary/aromatic N) is 7. The summed E-state index contributed by atoms with van der Waals surface area (Å²) in [5.74, 6) is 4.64. The molecule has 4 aromatic heterocycles. The number of carbonyl (C=O) groups excluding carboxylic acids is 1. The van der Waals surface area contributed by atoms with Crippen molar-refractivity contribution in [2.45, 2.75) is 51.6 Å². The molecular weight excluding hydrogens is 809 g/mol. The molecule has 2 aromatic carbocycles. The van der Waals surface area contributed by atoms with E-state index in [-0.39, 0.29) is 12.1 Å². The number of anilines is 6. The van der Waals surface area contributed by atoms with E-state index in [2.05, 4.69) is 54.7 Å². The van der Waals surface area contributed by atoms with Crippen molar-refractivity contribution in [3.8, 4) is 45.5 Å². The van der Waals surface area contributed by atoms with E-state index in [1.807, 2.05) is 79.5 Å². The van der Waals surface area contributed by atoms with Crippen LogP contribution in [0.15, 0.2) is 97.3 Å². The van der Waals surface area contributed by atoms with Gasteiger partial charge in [-0.1, -0.05) is 0 Å². The van der Waals surface area contributed by atoms with Crippen LogP contribution < -0.4 is 50.0 Å². The Hall–Kier alpha value is -7.29. The molecule has 6 aliphatic rings. The Kier molecular flexibility index (Phi) is 11.4. The van der Waals surface area contributed by atoms with Crippen molar-refractivity contribution < 1.29 is 23.7 Å². The van der Waals surface area contributed by atoms with E-state index in [9.17, 15) is 4.79 Å². The Labute approximate surface area is 372 Å². The maximum atomic E-state index is 13.5. The number of hydrogen-bond donors (Lipinski definition) is 3. The standard InChI is InChI=1S/C25H25N5O3.C15H16N4.C9H11NO2/c1-16-13-17(7-9-26-16)20-4-5-21-24(28-20)30(19-8-10-29(21)15-19)25(31)27-18-3-6-22-23(14-18)33-12-2-11-32-22;1-10-8-11(4-6-16-10)13-2-3-14-15(18-13)17-12-5-7-19(14)9-12;10-7-2-3-8-9(6-7)12-5-1-4-11-8/h3-7,9,13-14,19H,2,8,10-12,15H2,1H3,(H,27,31);2-4,6,8,12H,5,7,9H2,1H3,(H,17,18);2-3,6H,1,4-5,10H2/t19-;12-;/m00./s1. The highest BCUT2D eigenvalue weighted by atomic mass is 16.5.